The van der Waals surface area contributed by atoms with E-state index in [0.717, 1.165) is 24.3 Å². The average Bonchev–Trinajstić information content (AvgIpc) is 2.59. The molecule has 1 amide bonds. The van der Waals surface area contributed by atoms with Crippen LogP contribution < -0.4 is 4.90 Å². The predicted molar refractivity (Wildman–Crippen MR) is 101 cm³/mol. The number of benzene rings is 1. The molecule has 6 heteroatoms. The molecule has 0 atom stereocenters. The lowest BCUT2D eigenvalue weighted by molar-refractivity contribution is -0.143. The van der Waals surface area contributed by atoms with E-state index < -0.39 is 5.60 Å². The Morgan fingerprint density at radius 2 is 1.65 bits per heavy atom. The zero-order valence-corrected chi connectivity index (χ0v) is 16.3. The third kappa shape index (κ3) is 6.24. The van der Waals surface area contributed by atoms with Gasteiger partial charge in [0.2, 0.25) is 0 Å². The summed E-state index contributed by atoms with van der Waals surface area (Å²) >= 11 is 0. The summed E-state index contributed by atoms with van der Waals surface area (Å²) in [5, 5.41) is 0. The molecule has 0 spiro atoms. The first-order chi connectivity index (χ1) is 12.3. The number of ether oxygens (including phenoxy) is 2. The molecule has 0 aromatic heterocycles. The van der Waals surface area contributed by atoms with Crippen molar-refractivity contribution in [2.24, 2.45) is 0 Å². The Kier molecular flexibility index (Phi) is 6.89. The van der Waals surface area contributed by atoms with E-state index in [0.29, 0.717) is 32.5 Å². The number of amides is 1. The maximum atomic E-state index is 12.1. The number of esters is 1. The molecule has 0 bridgehead atoms. The molecule has 0 unspecified atom stereocenters. The van der Waals surface area contributed by atoms with Crippen molar-refractivity contribution in [2.75, 3.05) is 37.7 Å². The van der Waals surface area contributed by atoms with E-state index in [-0.39, 0.29) is 12.1 Å². The van der Waals surface area contributed by atoms with Crippen LogP contribution in [0.15, 0.2) is 24.3 Å². The van der Waals surface area contributed by atoms with Gasteiger partial charge in [0, 0.05) is 38.3 Å². The Labute approximate surface area is 156 Å². The highest BCUT2D eigenvalue weighted by Crippen LogP contribution is 2.19. The number of aryl methyl sites for hydroxylation is 1. The van der Waals surface area contributed by atoms with Gasteiger partial charge in [0.1, 0.15) is 5.60 Å². The lowest BCUT2D eigenvalue weighted by atomic mass is 10.1. The Morgan fingerprint density at radius 1 is 1.04 bits per heavy atom. The van der Waals surface area contributed by atoms with Gasteiger partial charge in [-0.15, -0.1) is 0 Å². The molecule has 1 saturated heterocycles. The van der Waals surface area contributed by atoms with Gasteiger partial charge in [0.25, 0.3) is 0 Å². The summed E-state index contributed by atoms with van der Waals surface area (Å²) in [5.74, 6) is -0.158. The minimum atomic E-state index is -0.465. The SMILES string of the molecule is CCOC(=O)CCc1ccc(N2CCN(C(=O)OC(C)(C)C)CC2)cc1. The Bertz CT molecular complexity index is 599. The van der Waals surface area contributed by atoms with Crippen LogP contribution in [0.3, 0.4) is 0 Å². The number of nitrogens with zero attached hydrogens (tertiary/aromatic N) is 2. The largest absolute Gasteiger partial charge is 0.466 e. The number of carbonyl (C=O) groups is 2. The van der Waals surface area contributed by atoms with Crippen molar-refractivity contribution in [3.05, 3.63) is 29.8 Å². The van der Waals surface area contributed by atoms with Crippen LogP contribution in [-0.4, -0.2) is 55.3 Å². The van der Waals surface area contributed by atoms with Gasteiger partial charge in [-0.2, -0.15) is 0 Å². The third-order valence-electron chi connectivity index (χ3n) is 4.16. The monoisotopic (exact) mass is 362 g/mol. The molecular weight excluding hydrogens is 332 g/mol. The fourth-order valence-corrected chi connectivity index (χ4v) is 2.83. The van der Waals surface area contributed by atoms with Gasteiger partial charge in [-0.05, 0) is 51.8 Å². The van der Waals surface area contributed by atoms with Crippen molar-refractivity contribution in [2.45, 2.75) is 46.1 Å². The molecular formula is C20H30N2O4. The van der Waals surface area contributed by atoms with Gasteiger partial charge in [0.15, 0.2) is 0 Å². The minimum absolute atomic E-state index is 0.158. The number of anilines is 1. The quantitative estimate of drug-likeness (QED) is 0.753. The molecule has 1 fully saturated rings. The zero-order valence-electron chi connectivity index (χ0n) is 16.3. The van der Waals surface area contributed by atoms with Gasteiger partial charge in [-0.1, -0.05) is 12.1 Å². The standard InChI is InChI=1S/C20H30N2O4/c1-5-25-18(23)11-8-16-6-9-17(10-7-16)21-12-14-22(15-13-21)19(24)26-20(2,3)4/h6-7,9-10H,5,8,11-15H2,1-4H3. The molecule has 1 heterocycles. The molecule has 0 aliphatic carbocycles. The number of carbonyl (C=O) groups excluding carboxylic acids is 2. The summed E-state index contributed by atoms with van der Waals surface area (Å²) in [6, 6.07) is 8.25. The number of piperazine rings is 1. The molecule has 1 aliphatic rings. The first kappa shape index (κ1) is 20.1. The van der Waals surface area contributed by atoms with Crippen molar-refractivity contribution >= 4 is 17.7 Å². The van der Waals surface area contributed by atoms with Crippen molar-refractivity contribution in [3.63, 3.8) is 0 Å². The van der Waals surface area contributed by atoms with E-state index in [1.54, 1.807) is 4.90 Å². The fraction of sp³-hybridized carbons (Fsp3) is 0.600. The van der Waals surface area contributed by atoms with Gasteiger partial charge < -0.3 is 19.3 Å². The Balaban J connectivity index is 1.82. The van der Waals surface area contributed by atoms with Crippen LogP contribution in [-0.2, 0) is 20.7 Å². The van der Waals surface area contributed by atoms with Crippen LogP contribution in [0.1, 0.15) is 39.7 Å². The van der Waals surface area contributed by atoms with Gasteiger partial charge in [-0.3, -0.25) is 4.79 Å². The molecule has 0 radical (unpaired) electrons. The predicted octanol–water partition coefficient (Wildman–Crippen LogP) is 3.24. The van der Waals surface area contributed by atoms with Crippen LogP contribution in [0, 0.1) is 0 Å². The van der Waals surface area contributed by atoms with E-state index in [1.807, 2.05) is 27.7 Å². The molecule has 2 rings (SSSR count). The lowest BCUT2D eigenvalue weighted by Gasteiger charge is -2.36. The summed E-state index contributed by atoms with van der Waals surface area (Å²) in [7, 11) is 0. The Hall–Kier alpha value is -2.24. The normalized spacial score (nSPS) is 14.9. The molecule has 144 valence electrons. The van der Waals surface area contributed by atoms with Crippen LogP contribution in [0.25, 0.3) is 0 Å². The second kappa shape index (κ2) is 8.92. The third-order valence-corrected chi connectivity index (χ3v) is 4.16. The van der Waals surface area contributed by atoms with Crippen LogP contribution in [0.2, 0.25) is 0 Å². The highest BCUT2D eigenvalue weighted by atomic mass is 16.6. The molecule has 0 N–H and O–H groups in total. The van der Waals surface area contributed by atoms with Crippen molar-refractivity contribution in [3.8, 4) is 0 Å². The summed E-state index contributed by atoms with van der Waals surface area (Å²) in [5.41, 5.74) is 1.79. The maximum absolute atomic E-state index is 12.1. The summed E-state index contributed by atoms with van der Waals surface area (Å²) in [6.07, 6.45) is 0.847. The second-order valence-corrected chi connectivity index (χ2v) is 7.43. The molecule has 1 aromatic rings. The Morgan fingerprint density at radius 3 is 2.19 bits per heavy atom. The molecule has 6 nitrogen and oxygen atoms in total. The molecule has 1 aromatic carbocycles. The van der Waals surface area contributed by atoms with Crippen LogP contribution >= 0.6 is 0 Å². The first-order valence-corrected chi connectivity index (χ1v) is 9.26. The first-order valence-electron chi connectivity index (χ1n) is 9.26. The zero-order chi connectivity index (χ0) is 19.2. The highest BCUT2D eigenvalue weighted by Gasteiger charge is 2.25. The van der Waals surface area contributed by atoms with Crippen LogP contribution in [0.5, 0.6) is 0 Å². The number of rotatable bonds is 5. The average molecular weight is 362 g/mol. The molecule has 0 saturated carbocycles. The highest BCUT2D eigenvalue weighted by molar-refractivity contribution is 5.70. The van der Waals surface area contributed by atoms with Crippen LogP contribution in [0.4, 0.5) is 10.5 Å². The minimum Gasteiger partial charge on any atom is -0.466 e. The number of hydrogen-bond donors (Lipinski definition) is 0. The molecule has 26 heavy (non-hydrogen) atoms. The van der Waals surface area contributed by atoms with Gasteiger partial charge in [0.05, 0.1) is 6.61 Å². The van der Waals surface area contributed by atoms with E-state index in [4.69, 9.17) is 9.47 Å². The smallest absolute Gasteiger partial charge is 0.410 e. The van der Waals surface area contributed by atoms with Gasteiger partial charge >= 0.3 is 12.1 Å². The van der Waals surface area contributed by atoms with E-state index in [1.165, 1.54) is 0 Å². The molecule has 1 aliphatic heterocycles. The number of hydrogen-bond acceptors (Lipinski definition) is 5. The summed E-state index contributed by atoms with van der Waals surface area (Å²) < 4.78 is 10.4. The maximum Gasteiger partial charge on any atom is 0.410 e. The van der Waals surface area contributed by atoms with Gasteiger partial charge in [-0.25, -0.2) is 4.79 Å². The lowest BCUT2D eigenvalue weighted by Crippen LogP contribution is -2.50. The van der Waals surface area contributed by atoms with E-state index in [9.17, 15) is 9.59 Å². The topological polar surface area (TPSA) is 59.1 Å². The van der Waals surface area contributed by atoms with Crippen molar-refractivity contribution in [1.82, 2.24) is 4.90 Å². The summed E-state index contributed by atoms with van der Waals surface area (Å²) in [4.78, 5) is 27.6. The van der Waals surface area contributed by atoms with E-state index in [2.05, 4.69) is 29.2 Å². The summed E-state index contributed by atoms with van der Waals surface area (Å²) in [6.45, 7) is 10.7. The van der Waals surface area contributed by atoms with Crippen molar-refractivity contribution < 1.29 is 19.1 Å². The van der Waals surface area contributed by atoms with E-state index >= 15 is 0 Å². The fourth-order valence-electron chi connectivity index (χ4n) is 2.83. The second-order valence-electron chi connectivity index (χ2n) is 7.43. The van der Waals surface area contributed by atoms with Crippen molar-refractivity contribution in [1.29, 1.82) is 0 Å².